The Balaban J connectivity index is 1.72. The Hall–Kier alpha value is -5.11. The molecule has 1 aromatic rings. The molecule has 66 heavy (non-hydrogen) atoms. The first-order chi connectivity index (χ1) is 30.6. The molecule has 2 aliphatic rings. The van der Waals surface area contributed by atoms with E-state index >= 15 is 0 Å². The van der Waals surface area contributed by atoms with Crippen LogP contribution in [0, 0.1) is 17.3 Å². The number of hydrogen-bond acceptors (Lipinski definition) is 16. The maximum Gasteiger partial charge on any atom is 0.335 e. The van der Waals surface area contributed by atoms with Crippen molar-refractivity contribution in [2.45, 2.75) is 135 Å². The quantitative estimate of drug-likeness (QED) is 0.0347. The van der Waals surface area contributed by atoms with E-state index in [1.54, 1.807) is 40.7 Å². The van der Waals surface area contributed by atoms with Crippen molar-refractivity contribution in [3.63, 3.8) is 0 Å². The molecule has 0 spiro atoms. The zero-order valence-corrected chi connectivity index (χ0v) is 38.4. The summed E-state index contributed by atoms with van der Waals surface area (Å²) in [6, 6.07) is 1.32. The average Bonchev–Trinajstić information content (AvgIpc) is 3.49. The summed E-state index contributed by atoms with van der Waals surface area (Å²) in [5, 5.41) is 57.2. The molecule has 3 rings (SSSR count). The number of carbonyl (C=O) groups excluding carboxylic acids is 6. The number of likely N-dealkylation sites (tertiary alicyclic amines) is 1. The summed E-state index contributed by atoms with van der Waals surface area (Å²) in [4.78, 5) is 103. The molecule has 370 valence electrons. The van der Waals surface area contributed by atoms with Crippen molar-refractivity contribution in [3.8, 4) is 0 Å². The molecule has 2 aliphatic heterocycles. The molecule has 0 saturated carbocycles. The van der Waals surface area contributed by atoms with Crippen LogP contribution in [0.3, 0.4) is 0 Å². The molecule has 1 aromatic carbocycles. The highest BCUT2D eigenvalue weighted by Gasteiger charge is 2.47. The van der Waals surface area contributed by atoms with Crippen molar-refractivity contribution in [3.05, 3.63) is 29.3 Å². The number of hydrogen-bond donors (Lipinski definition) is 9. The zero-order valence-electron chi connectivity index (χ0n) is 37.6. The molecule has 0 unspecified atom stereocenters. The lowest BCUT2D eigenvalue weighted by atomic mass is 9.91. The Bertz CT molecular complexity index is 2060. The van der Waals surface area contributed by atoms with Gasteiger partial charge in [-0.05, 0) is 76.1 Å². The molecular formula is C42H62N4O19S. The van der Waals surface area contributed by atoms with E-state index in [2.05, 4.69) is 16.0 Å². The Morgan fingerprint density at radius 2 is 1.59 bits per heavy atom. The standard InChI is InChI=1S/C42H62N4O19S/c1-21(2)32(45-30(48)18-46-27(20-63-13-14-66(60,61)62)16-25(39(46)56)17-28(47)10-12-31(49)50)38(55)43-22(3)37(54)44-26-9-7-24(19-64-41(59)42(4,5)6)23(15-26)8-11-29-33(51)34(52)35(53)36(65-29)40(57)58/h7,9,15,21-22,25,27,29,32-36,51-53H,8,10-14,16-20H2,1-6H3,(H,43,55)(H,44,54)(H,45,48)(H,49,50)(H,57,58)(H,60,61,62)/t22-,25+,27-,29-,32-,33-,34+,35-,36-/m0/s1. The normalized spacial score (nSPS) is 23.2. The number of rotatable bonds is 24. The molecule has 0 bridgehead atoms. The van der Waals surface area contributed by atoms with Gasteiger partial charge in [-0.1, -0.05) is 19.9 Å². The lowest BCUT2D eigenvalue weighted by molar-refractivity contribution is -0.228. The van der Waals surface area contributed by atoms with Crippen LogP contribution in [0.4, 0.5) is 5.69 Å². The highest BCUT2D eigenvalue weighted by Crippen LogP contribution is 2.30. The minimum Gasteiger partial charge on any atom is -0.481 e. The minimum atomic E-state index is -4.36. The highest BCUT2D eigenvalue weighted by atomic mass is 32.2. The van der Waals surface area contributed by atoms with E-state index in [-0.39, 0.29) is 51.0 Å². The van der Waals surface area contributed by atoms with Crippen LogP contribution in [-0.2, 0) is 75.7 Å². The second-order valence-electron chi connectivity index (χ2n) is 17.8. The predicted octanol–water partition coefficient (Wildman–Crippen LogP) is -0.827. The van der Waals surface area contributed by atoms with Gasteiger partial charge in [-0.2, -0.15) is 8.42 Å². The monoisotopic (exact) mass is 958 g/mol. The second-order valence-corrected chi connectivity index (χ2v) is 19.4. The third-order valence-electron chi connectivity index (χ3n) is 10.9. The number of ketones is 1. The van der Waals surface area contributed by atoms with E-state index in [9.17, 15) is 67.2 Å². The lowest BCUT2D eigenvalue weighted by Crippen LogP contribution is -2.59. The minimum absolute atomic E-state index is 0.00676. The van der Waals surface area contributed by atoms with Crippen LogP contribution in [0.5, 0.6) is 0 Å². The molecule has 0 aliphatic carbocycles. The molecule has 9 atom stereocenters. The fourth-order valence-corrected chi connectivity index (χ4v) is 7.50. The number of anilines is 1. The summed E-state index contributed by atoms with van der Waals surface area (Å²) >= 11 is 0. The van der Waals surface area contributed by atoms with Gasteiger partial charge in [-0.3, -0.25) is 38.1 Å². The largest absolute Gasteiger partial charge is 0.481 e. The molecule has 2 fully saturated rings. The molecular weight excluding hydrogens is 897 g/mol. The lowest BCUT2D eigenvalue weighted by Gasteiger charge is -2.39. The Morgan fingerprint density at radius 1 is 0.924 bits per heavy atom. The zero-order chi connectivity index (χ0) is 49.8. The van der Waals surface area contributed by atoms with E-state index in [0.717, 1.165) is 4.90 Å². The first-order valence-electron chi connectivity index (χ1n) is 21.3. The fraction of sp³-hybridized carbons (Fsp3) is 0.667. The molecule has 4 amide bonds. The van der Waals surface area contributed by atoms with Gasteiger partial charge < -0.3 is 60.6 Å². The van der Waals surface area contributed by atoms with Crippen molar-refractivity contribution in [2.24, 2.45) is 17.3 Å². The number of ether oxygens (including phenoxy) is 3. The van der Waals surface area contributed by atoms with Gasteiger partial charge in [0.15, 0.2) is 6.10 Å². The summed E-state index contributed by atoms with van der Waals surface area (Å²) in [6.07, 6.45) is -9.51. The number of amides is 4. The van der Waals surface area contributed by atoms with Crippen molar-refractivity contribution in [2.75, 3.05) is 30.8 Å². The van der Waals surface area contributed by atoms with Crippen molar-refractivity contribution >= 4 is 63.1 Å². The summed E-state index contributed by atoms with van der Waals surface area (Å²) in [7, 11) is -4.36. The van der Waals surface area contributed by atoms with Gasteiger partial charge in [-0.15, -0.1) is 0 Å². The van der Waals surface area contributed by atoms with Crippen molar-refractivity contribution in [1.29, 1.82) is 0 Å². The fourth-order valence-electron chi connectivity index (χ4n) is 7.17. The van der Waals surface area contributed by atoms with Gasteiger partial charge in [0.05, 0.1) is 49.5 Å². The number of aliphatic carboxylic acids is 2. The molecule has 9 N–H and O–H groups in total. The third kappa shape index (κ3) is 16.6. The highest BCUT2D eigenvalue weighted by molar-refractivity contribution is 7.85. The topological polar surface area (TPSA) is 359 Å². The number of carboxylic acid groups (broad SMARTS) is 2. The summed E-state index contributed by atoms with van der Waals surface area (Å²) in [6.45, 7) is 8.07. The smallest absolute Gasteiger partial charge is 0.335 e. The number of aliphatic hydroxyl groups is 3. The van der Waals surface area contributed by atoms with E-state index in [4.69, 9.17) is 23.9 Å². The molecule has 23 nitrogen and oxygen atoms in total. The first-order valence-corrected chi connectivity index (χ1v) is 22.9. The Morgan fingerprint density at radius 3 is 2.18 bits per heavy atom. The molecule has 0 radical (unpaired) electrons. The molecule has 2 saturated heterocycles. The number of aryl methyl sites for hydroxylation is 1. The second kappa shape index (κ2) is 24.1. The van der Waals surface area contributed by atoms with Crippen LogP contribution in [0.2, 0.25) is 0 Å². The number of Topliss-reactive ketones (excluding diaryl/α,β-unsaturated/α-hetero) is 1. The molecule has 0 aromatic heterocycles. The number of carboxylic acids is 2. The van der Waals surface area contributed by atoms with Gasteiger partial charge in [0, 0.05) is 24.4 Å². The summed E-state index contributed by atoms with van der Waals surface area (Å²) < 4.78 is 47.6. The van der Waals surface area contributed by atoms with Crippen LogP contribution >= 0.6 is 0 Å². The molecule has 24 heteroatoms. The maximum absolute atomic E-state index is 13.6. The van der Waals surface area contributed by atoms with Crippen LogP contribution < -0.4 is 16.0 Å². The van der Waals surface area contributed by atoms with E-state index < -0.39 is 149 Å². The van der Waals surface area contributed by atoms with E-state index in [1.165, 1.54) is 19.1 Å². The number of carbonyl (C=O) groups is 8. The molecule has 2 heterocycles. The van der Waals surface area contributed by atoms with Crippen LogP contribution in [0.1, 0.15) is 84.8 Å². The Kier molecular flexibility index (Phi) is 20.1. The predicted molar refractivity (Wildman–Crippen MR) is 229 cm³/mol. The Labute approximate surface area is 381 Å². The van der Waals surface area contributed by atoms with E-state index in [1.807, 2.05) is 0 Å². The number of benzene rings is 1. The van der Waals surface area contributed by atoms with Crippen LogP contribution in [0.15, 0.2) is 18.2 Å². The number of nitrogens with one attached hydrogen (secondary N) is 3. The summed E-state index contributed by atoms with van der Waals surface area (Å²) in [5.74, 6) is -8.89. The maximum atomic E-state index is 13.6. The van der Waals surface area contributed by atoms with E-state index in [0.29, 0.717) is 11.1 Å². The van der Waals surface area contributed by atoms with Gasteiger partial charge >= 0.3 is 17.9 Å². The van der Waals surface area contributed by atoms with Gasteiger partial charge in [0.1, 0.15) is 42.8 Å². The van der Waals surface area contributed by atoms with Crippen molar-refractivity contribution < 1.29 is 91.1 Å². The number of aliphatic hydroxyl groups excluding tert-OH is 3. The van der Waals surface area contributed by atoms with Crippen molar-refractivity contribution in [1.82, 2.24) is 15.5 Å². The SMILES string of the molecule is CC(C)[C@H](NC(=O)CN1C(=O)[C@@H](CC(=O)CCC(=O)O)C[C@H]1COCCS(=O)(=O)O)C(=O)N[C@@H](C)C(=O)Nc1ccc(COC(=O)C(C)(C)C)c(CC[C@@H]2O[C@H](C(=O)O)[C@@H](O)[C@H](O)[C@H]2O)c1. The summed E-state index contributed by atoms with van der Waals surface area (Å²) in [5.41, 5.74) is 0.330. The van der Waals surface area contributed by atoms with Crippen LogP contribution in [-0.4, -0.2) is 165 Å². The number of nitrogens with zero attached hydrogens (tertiary/aromatic N) is 1. The van der Waals surface area contributed by atoms with Gasteiger partial charge in [0.2, 0.25) is 23.6 Å². The number of esters is 1. The average molecular weight is 959 g/mol. The first kappa shape index (κ1) is 55.2. The van der Waals surface area contributed by atoms with Gasteiger partial charge in [-0.25, -0.2) is 4.79 Å². The van der Waals surface area contributed by atoms with Crippen LogP contribution in [0.25, 0.3) is 0 Å². The third-order valence-corrected chi connectivity index (χ3v) is 11.6. The van der Waals surface area contributed by atoms with Gasteiger partial charge in [0.25, 0.3) is 10.1 Å².